The van der Waals surface area contributed by atoms with E-state index in [9.17, 15) is 0 Å². The van der Waals surface area contributed by atoms with Gasteiger partial charge in [0.2, 0.25) is 0 Å². The fourth-order valence-corrected chi connectivity index (χ4v) is 5.59. The summed E-state index contributed by atoms with van der Waals surface area (Å²) in [7, 11) is 0. The minimum Gasteiger partial charge on any atom is -0.654 e. The molecule has 0 unspecified atom stereocenters. The second kappa shape index (κ2) is 25.6. The van der Waals surface area contributed by atoms with Crippen LogP contribution in [0.4, 0.5) is 22.7 Å². The summed E-state index contributed by atoms with van der Waals surface area (Å²) >= 11 is 0. The number of rotatable bonds is 18. The first-order valence-electron chi connectivity index (χ1n) is 19.5. The molecule has 0 fully saturated rings. The van der Waals surface area contributed by atoms with Crippen LogP contribution in [0.2, 0.25) is 0 Å². The summed E-state index contributed by atoms with van der Waals surface area (Å²) in [6, 6.07) is 51.1. The number of hydrogen-bond acceptors (Lipinski definition) is 6. The molecule has 0 N–H and O–H groups in total. The van der Waals surface area contributed by atoms with E-state index in [0.717, 1.165) is 68.3 Å². The van der Waals surface area contributed by atoms with E-state index in [4.69, 9.17) is 29.6 Å². The average Bonchev–Trinajstić information content (AvgIpc) is 3.26. The van der Waals surface area contributed by atoms with Crippen molar-refractivity contribution in [1.29, 1.82) is 0 Å². The molecule has 6 aromatic rings. The molecule has 59 heavy (non-hydrogen) atoms. The van der Waals surface area contributed by atoms with Crippen molar-refractivity contribution in [3.63, 3.8) is 0 Å². The third kappa shape index (κ3) is 14.4. The van der Waals surface area contributed by atoms with Crippen molar-refractivity contribution in [3.8, 4) is 23.0 Å². The maximum absolute atomic E-state index is 5.72. The van der Waals surface area contributed by atoms with Crippen LogP contribution in [0.5, 0.6) is 23.0 Å². The molecule has 6 aromatic carbocycles. The van der Waals surface area contributed by atoms with Crippen molar-refractivity contribution in [1.82, 2.24) is 0 Å². The van der Waals surface area contributed by atoms with Gasteiger partial charge < -0.3 is 29.6 Å². The Labute approximate surface area is 359 Å². The number of para-hydroxylation sites is 8. The molecule has 0 spiro atoms. The topological polar surface area (TPSA) is 89.8 Å². The zero-order valence-electron chi connectivity index (χ0n) is 33.9. The van der Waals surface area contributed by atoms with Crippen LogP contribution >= 0.6 is 0 Å². The molecule has 0 saturated carbocycles. The van der Waals surface area contributed by atoms with Gasteiger partial charge in [-0.05, 0) is 75.2 Å². The molecule has 0 saturated heterocycles. The normalized spacial score (nSPS) is 11.3. The predicted molar refractivity (Wildman–Crippen MR) is 242 cm³/mol. The van der Waals surface area contributed by atoms with E-state index in [1.165, 1.54) is 0 Å². The molecule has 6 rings (SSSR count). The molecule has 0 radical (unpaired) electrons. The van der Waals surface area contributed by atoms with Crippen molar-refractivity contribution in [2.45, 2.75) is 27.7 Å². The van der Waals surface area contributed by atoms with Crippen LogP contribution in [0.1, 0.15) is 38.8 Å². The molecule has 0 aliphatic heterocycles. The molecule has 0 amide bonds. The summed E-state index contributed by atoms with van der Waals surface area (Å²) < 4.78 is 22.7. The Hall–Kier alpha value is -6.57. The summed E-state index contributed by atoms with van der Waals surface area (Å²) in [5.74, 6) is 3.05. The third-order valence-electron chi connectivity index (χ3n) is 8.17. The number of aliphatic imine (C=N–C) groups is 2. The zero-order chi connectivity index (χ0) is 40.6. The van der Waals surface area contributed by atoms with E-state index in [-0.39, 0.29) is 16.5 Å². The van der Waals surface area contributed by atoms with E-state index in [1.54, 1.807) is 12.4 Å². The number of ether oxygens (including phenoxy) is 4. The Bertz CT molecular complexity index is 2100. The number of nitrogens with zero attached hydrogens (tertiary/aromatic N) is 4. The molecule has 0 bridgehead atoms. The van der Waals surface area contributed by atoms with Crippen LogP contribution in [-0.4, -0.2) is 38.9 Å². The van der Waals surface area contributed by atoms with Gasteiger partial charge in [0.05, 0.1) is 26.4 Å². The summed E-state index contributed by atoms with van der Waals surface area (Å²) in [5.41, 5.74) is 6.75. The van der Waals surface area contributed by atoms with E-state index in [2.05, 4.69) is 9.98 Å². The Morgan fingerprint density at radius 2 is 0.712 bits per heavy atom. The zero-order valence-corrected chi connectivity index (χ0v) is 34.9. The van der Waals surface area contributed by atoms with Crippen LogP contribution in [0.3, 0.4) is 0 Å². The first-order valence-corrected chi connectivity index (χ1v) is 19.5. The van der Waals surface area contributed by atoms with Crippen molar-refractivity contribution in [3.05, 3.63) is 192 Å². The largest absolute Gasteiger partial charge is 2.00 e. The monoisotopic (exact) mass is 828 g/mol. The summed E-state index contributed by atoms with van der Waals surface area (Å²) in [6.45, 7) is 10.2. The summed E-state index contributed by atoms with van der Waals surface area (Å²) in [6.07, 6.45) is 7.32. The maximum Gasteiger partial charge on any atom is 2.00 e. The first kappa shape index (κ1) is 45.1. The van der Waals surface area contributed by atoms with Gasteiger partial charge in [-0.3, -0.25) is 9.98 Å². The van der Waals surface area contributed by atoms with Crippen LogP contribution in [0.25, 0.3) is 22.0 Å². The quantitative estimate of drug-likeness (QED) is 0.0637. The fraction of sp³-hybridized carbons (Fsp3) is 0.160. The third-order valence-corrected chi connectivity index (χ3v) is 8.17. The van der Waals surface area contributed by atoms with E-state index < -0.39 is 0 Å². The Morgan fingerprint density at radius 3 is 1.08 bits per heavy atom. The molecule has 304 valence electrons. The molecule has 0 aliphatic rings. The maximum atomic E-state index is 5.72. The molecular weight excluding hydrogens is 779 g/mol. The molecular formula is C50H50N4NiO4. The fourth-order valence-electron chi connectivity index (χ4n) is 5.59. The first-order chi connectivity index (χ1) is 28.6. The van der Waals surface area contributed by atoms with Crippen LogP contribution < -0.4 is 18.9 Å². The molecule has 9 heteroatoms. The van der Waals surface area contributed by atoms with Crippen molar-refractivity contribution in [2.24, 2.45) is 9.98 Å². The van der Waals surface area contributed by atoms with Crippen molar-refractivity contribution < 1.29 is 35.4 Å². The Balaban J connectivity index is 0.000000256. The van der Waals surface area contributed by atoms with Gasteiger partial charge in [-0.1, -0.05) is 145 Å². The average molecular weight is 830 g/mol. The van der Waals surface area contributed by atoms with Crippen LogP contribution in [0.15, 0.2) is 180 Å². The van der Waals surface area contributed by atoms with Crippen LogP contribution in [-0.2, 0) is 16.5 Å². The standard InChI is InChI=1S/2C25H25N2O2.Ni/c2*1-3-28-24-16-10-8-14-22(24)26-19-18-21(20-12-6-5-7-13-20)27-23-15-9-11-17-25(23)29-4-2;/h2*5-19H,3-4H2,1-2H3;/q2*-1;+2. The minimum absolute atomic E-state index is 0. The second-order valence-corrected chi connectivity index (χ2v) is 12.2. The van der Waals surface area contributed by atoms with Crippen molar-refractivity contribution in [2.75, 3.05) is 26.4 Å². The van der Waals surface area contributed by atoms with E-state index in [0.29, 0.717) is 26.4 Å². The molecule has 0 atom stereocenters. The van der Waals surface area contributed by atoms with Gasteiger partial charge in [0, 0.05) is 12.4 Å². The van der Waals surface area contributed by atoms with Gasteiger partial charge in [-0.2, -0.15) is 0 Å². The van der Waals surface area contributed by atoms with Gasteiger partial charge in [0.15, 0.2) is 0 Å². The molecule has 8 nitrogen and oxygen atoms in total. The van der Waals surface area contributed by atoms with Gasteiger partial charge >= 0.3 is 16.5 Å². The SMILES string of the molecule is CCOc1ccccc1N=CC=C([N-]c1ccccc1OCC)c1ccccc1.CCOc1ccccc1N=CC=C([N-]c1ccccc1OCC)c1ccccc1.[Ni+2]. The van der Waals surface area contributed by atoms with E-state index in [1.807, 2.05) is 198 Å². The predicted octanol–water partition coefficient (Wildman–Crippen LogP) is 13.9. The second-order valence-electron chi connectivity index (χ2n) is 12.2. The molecule has 0 heterocycles. The smallest absolute Gasteiger partial charge is 0.654 e. The Morgan fingerprint density at radius 1 is 0.407 bits per heavy atom. The van der Waals surface area contributed by atoms with Gasteiger partial charge in [-0.25, -0.2) is 0 Å². The number of hydrogen-bond donors (Lipinski definition) is 0. The van der Waals surface area contributed by atoms with Gasteiger partial charge in [0.25, 0.3) is 0 Å². The van der Waals surface area contributed by atoms with Crippen LogP contribution in [0, 0.1) is 0 Å². The summed E-state index contributed by atoms with van der Waals surface area (Å²) in [4.78, 5) is 9.15. The van der Waals surface area contributed by atoms with Gasteiger partial charge in [0.1, 0.15) is 34.4 Å². The van der Waals surface area contributed by atoms with Gasteiger partial charge in [-0.15, -0.1) is 11.4 Å². The molecule has 0 aromatic heterocycles. The molecule has 0 aliphatic carbocycles. The Kier molecular flexibility index (Phi) is 19.6. The van der Waals surface area contributed by atoms with Crippen molar-refractivity contribution >= 4 is 46.6 Å². The minimum atomic E-state index is 0. The number of allylic oxidation sites excluding steroid dienone is 2. The number of benzene rings is 6. The summed E-state index contributed by atoms with van der Waals surface area (Å²) in [5, 5.41) is 9.70. The van der Waals surface area contributed by atoms with E-state index >= 15 is 0 Å².